The lowest BCUT2D eigenvalue weighted by atomic mass is 9.87. The van der Waals surface area contributed by atoms with Gasteiger partial charge in [-0.05, 0) is 61.9 Å². The van der Waals surface area contributed by atoms with Crippen LogP contribution < -0.4 is 24.3 Å². The van der Waals surface area contributed by atoms with Crippen LogP contribution in [0.4, 0.5) is 0 Å². The minimum Gasteiger partial charge on any atom is -0.496 e. The van der Waals surface area contributed by atoms with Crippen LogP contribution in [-0.2, 0) is 6.54 Å². The Balaban J connectivity index is 1.44. The van der Waals surface area contributed by atoms with Crippen LogP contribution in [-0.4, -0.2) is 26.6 Å². The number of ether oxygens (including phenoxy) is 4. The molecular formula is C27H32NO4+. The Hall–Kier alpha value is -3.18. The van der Waals surface area contributed by atoms with Gasteiger partial charge < -0.3 is 24.3 Å². The number of para-hydroxylation sites is 1. The highest BCUT2D eigenvalue weighted by Crippen LogP contribution is 2.39. The lowest BCUT2D eigenvalue weighted by Gasteiger charge is -2.20. The van der Waals surface area contributed by atoms with Crippen LogP contribution in [0.1, 0.15) is 42.9 Å². The number of nitrogens with two attached hydrogens (primary N) is 1. The first-order valence-corrected chi connectivity index (χ1v) is 11.2. The second-order valence-electron chi connectivity index (χ2n) is 8.29. The zero-order chi connectivity index (χ0) is 22.3. The Morgan fingerprint density at radius 1 is 0.938 bits per heavy atom. The van der Waals surface area contributed by atoms with Gasteiger partial charge in [0.15, 0.2) is 11.5 Å². The van der Waals surface area contributed by atoms with E-state index in [1.165, 1.54) is 16.7 Å². The zero-order valence-corrected chi connectivity index (χ0v) is 19.0. The normalized spacial score (nSPS) is 13.2. The molecule has 0 aromatic heterocycles. The molecule has 32 heavy (non-hydrogen) atoms. The summed E-state index contributed by atoms with van der Waals surface area (Å²) < 4.78 is 22.5. The molecule has 0 fully saturated rings. The van der Waals surface area contributed by atoms with Crippen molar-refractivity contribution in [1.29, 1.82) is 0 Å². The third-order valence-electron chi connectivity index (χ3n) is 5.65. The largest absolute Gasteiger partial charge is 0.496 e. The van der Waals surface area contributed by atoms with Gasteiger partial charge >= 0.3 is 0 Å². The number of methoxy groups -OCH3 is 1. The van der Waals surface area contributed by atoms with Gasteiger partial charge in [0, 0.05) is 23.5 Å². The molecule has 1 aliphatic heterocycles. The van der Waals surface area contributed by atoms with Gasteiger partial charge in [0.05, 0.1) is 19.8 Å². The molecule has 0 amide bonds. The molecule has 3 aromatic carbocycles. The van der Waals surface area contributed by atoms with Crippen molar-refractivity contribution in [3.63, 3.8) is 0 Å². The fourth-order valence-electron chi connectivity index (χ4n) is 4.12. The van der Waals surface area contributed by atoms with Gasteiger partial charge in [-0.15, -0.1) is 0 Å². The smallest absolute Gasteiger partial charge is 0.231 e. The molecule has 1 heterocycles. The molecule has 1 aliphatic rings. The van der Waals surface area contributed by atoms with Gasteiger partial charge in [0.2, 0.25) is 6.79 Å². The van der Waals surface area contributed by atoms with Crippen molar-refractivity contribution >= 4 is 0 Å². The van der Waals surface area contributed by atoms with E-state index in [-0.39, 0.29) is 18.8 Å². The van der Waals surface area contributed by atoms with Crippen LogP contribution in [0.15, 0.2) is 66.7 Å². The van der Waals surface area contributed by atoms with Gasteiger partial charge in [-0.3, -0.25) is 0 Å². The molecule has 168 valence electrons. The summed E-state index contributed by atoms with van der Waals surface area (Å²) >= 11 is 0. The maximum Gasteiger partial charge on any atom is 0.231 e. The average Bonchev–Trinajstić information content (AvgIpc) is 3.28. The summed E-state index contributed by atoms with van der Waals surface area (Å²) in [5.74, 6) is 3.66. The second kappa shape index (κ2) is 10.4. The molecule has 0 aliphatic carbocycles. The predicted molar refractivity (Wildman–Crippen MR) is 125 cm³/mol. The highest BCUT2D eigenvalue weighted by atomic mass is 16.7. The van der Waals surface area contributed by atoms with Crippen LogP contribution in [0.5, 0.6) is 23.0 Å². The fourth-order valence-corrected chi connectivity index (χ4v) is 4.12. The fraction of sp³-hybridized carbons (Fsp3) is 0.333. The Labute approximate surface area is 190 Å². The minimum absolute atomic E-state index is 0.190. The van der Waals surface area contributed by atoms with E-state index in [0.29, 0.717) is 0 Å². The quantitative estimate of drug-likeness (QED) is 0.478. The Morgan fingerprint density at radius 3 is 2.50 bits per heavy atom. The predicted octanol–water partition coefficient (Wildman–Crippen LogP) is 4.50. The van der Waals surface area contributed by atoms with Crippen molar-refractivity contribution in [3.05, 3.63) is 83.4 Å². The monoisotopic (exact) mass is 434 g/mol. The van der Waals surface area contributed by atoms with Crippen LogP contribution in [0.2, 0.25) is 0 Å². The van der Waals surface area contributed by atoms with Crippen LogP contribution in [0.25, 0.3) is 0 Å². The summed E-state index contributed by atoms with van der Waals surface area (Å²) in [5, 5.41) is 2.35. The molecule has 0 saturated heterocycles. The van der Waals surface area contributed by atoms with Gasteiger partial charge in [0.1, 0.15) is 18.0 Å². The Morgan fingerprint density at radius 2 is 1.72 bits per heavy atom. The standard InChI is InChI=1S/C27H31NO4/c1-19(2)32-22-11-8-20(9-12-22)17-28-15-14-23(24-6-4-5-7-25(24)29-3)21-10-13-26-27(16-21)31-18-30-26/h4-13,16,19,23,28H,14-15,17-18H2,1-3H3/p+1/t23-/m1/s1. The van der Waals surface area contributed by atoms with Crippen molar-refractivity contribution in [2.75, 3.05) is 20.4 Å². The van der Waals surface area contributed by atoms with E-state index in [9.17, 15) is 0 Å². The van der Waals surface area contributed by atoms with Crippen LogP contribution in [0, 0.1) is 0 Å². The lowest BCUT2D eigenvalue weighted by Crippen LogP contribution is -2.82. The minimum atomic E-state index is 0.190. The highest BCUT2D eigenvalue weighted by Gasteiger charge is 2.22. The SMILES string of the molecule is COc1ccccc1[C@H](CC[NH2+]Cc1ccc(OC(C)C)cc1)c1ccc2c(c1)OCO2. The first-order valence-electron chi connectivity index (χ1n) is 11.2. The van der Waals surface area contributed by atoms with E-state index in [2.05, 4.69) is 41.7 Å². The van der Waals surface area contributed by atoms with Gasteiger partial charge in [0.25, 0.3) is 0 Å². The molecule has 3 aromatic rings. The summed E-state index contributed by atoms with van der Waals surface area (Å²) in [4.78, 5) is 0. The van der Waals surface area contributed by atoms with Crippen molar-refractivity contribution in [3.8, 4) is 23.0 Å². The van der Waals surface area contributed by atoms with Crippen molar-refractivity contribution in [1.82, 2.24) is 0 Å². The van der Waals surface area contributed by atoms with Crippen molar-refractivity contribution in [2.24, 2.45) is 0 Å². The topological polar surface area (TPSA) is 53.5 Å². The van der Waals surface area contributed by atoms with E-state index in [0.717, 1.165) is 42.5 Å². The van der Waals surface area contributed by atoms with Crippen molar-refractivity contribution in [2.45, 2.75) is 38.8 Å². The van der Waals surface area contributed by atoms with Gasteiger partial charge in [-0.25, -0.2) is 0 Å². The highest BCUT2D eigenvalue weighted by molar-refractivity contribution is 5.49. The maximum absolute atomic E-state index is 5.74. The zero-order valence-electron chi connectivity index (χ0n) is 19.0. The molecule has 0 radical (unpaired) electrons. The molecule has 4 rings (SSSR count). The summed E-state index contributed by atoms with van der Waals surface area (Å²) in [6, 6.07) is 22.9. The van der Waals surface area contributed by atoms with E-state index in [4.69, 9.17) is 18.9 Å². The molecule has 0 spiro atoms. The third kappa shape index (κ3) is 5.35. The molecular weight excluding hydrogens is 402 g/mol. The first-order chi connectivity index (χ1) is 15.6. The third-order valence-corrected chi connectivity index (χ3v) is 5.65. The molecule has 2 N–H and O–H groups in total. The first kappa shape index (κ1) is 22.0. The number of quaternary nitrogens is 1. The Bertz CT molecular complexity index is 1020. The molecule has 5 nitrogen and oxygen atoms in total. The molecule has 0 unspecified atom stereocenters. The van der Waals surface area contributed by atoms with E-state index in [1.54, 1.807) is 7.11 Å². The van der Waals surface area contributed by atoms with E-state index in [1.807, 2.05) is 44.2 Å². The molecule has 5 heteroatoms. The van der Waals surface area contributed by atoms with Crippen LogP contribution in [0.3, 0.4) is 0 Å². The number of benzene rings is 3. The van der Waals surface area contributed by atoms with E-state index < -0.39 is 0 Å². The summed E-state index contributed by atoms with van der Waals surface area (Å²) in [5.41, 5.74) is 3.69. The summed E-state index contributed by atoms with van der Waals surface area (Å²) in [7, 11) is 1.73. The average molecular weight is 435 g/mol. The lowest BCUT2D eigenvalue weighted by molar-refractivity contribution is -0.671. The van der Waals surface area contributed by atoms with E-state index >= 15 is 0 Å². The number of hydrogen-bond acceptors (Lipinski definition) is 4. The summed E-state index contributed by atoms with van der Waals surface area (Å²) in [6.45, 7) is 6.29. The van der Waals surface area contributed by atoms with Crippen molar-refractivity contribution < 1.29 is 24.3 Å². The molecule has 1 atom stereocenters. The maximum atomic E-state index is 5.74. The molecule has 0 saturated carbocycles. The number of rotatable bonds is 10. The summed E-state index contributed by atoms with van der Waals surface area (Å²) in [6.07, 6.45) is 1.17. The van der Waals surface area contributed by atoms with Gasteiger partial charge in [-0.1, -0.05) is 24.3 Å². The Kier molecular flexibility index (Phi) is 7.17. The second-order valence-corrected chi connectivity index (χ2v) is 8.29. The number of hydrogen-bond donors (Lipinski definition) is 1. The number of fused-ring (bicyclic) bond motifs is 1. The molecule has 0 bridgehead atoms. The van der Waals surface area contributed by atoms with Crippen LogP contribution >= 0.6 is 0 Å². The van der Waals surface area contributed by atoms with Gasteiger partial charge in [-0.2, -0.15) is 0 Å².